The second-order valence-corrected chi connectivity index (χ2v) is 3.95. The molecule has 0 saturated carbocycles. The van der Waals surface area contributed by atoms with E-state index in [9.17, 15) is 19.8 Å². The smallest absolute Gasteiger partial charge is 0.252 e. The van der Waals surface area contributed by atoms with Crippen molar-refractivity contribution in [2.75, 3.05) is 0 Å². The zero-order valence-corrected chi connectivity index (χ0v) is 9.02. The molecule has 1 aromatic carbocycles. The molecule has 3 aromatic rings. The molecule has 4 N–H and O–H groups in total. The van der Waals surface area contributed by atoms with Gasteiger partial charge in [0.25, 0.3) is 11.1 Å². The van der Waals surface area contributed by atoms with Crippen molar-refractivity contribution < 1.29 is 10.2 Å². The summed E-state index contributed by atoms with van der Waals surface area (Å²) in [4.78, 5) is 27.7. The average molecular weight is 244 g/mol. The fourth-order valence-electron chi connectivity index (χ4n) is 2.04. The molecule has 18 heavy (non-hydrogen) atoms. The highest BCUT2D eigenvalue weighted by Crippen LogP contribution is 2.31. The summed E-state index contributed by atoms with van der Waals surface area (Å²) < 4.78 is 0. The van der Waals surface area contributed by atoms with Crippen LogP contribution in [0.4, 0.5) is 0 Å². The molecular formula is C12H8N2O4. The second kappa shape index (κ2) is 3.36. The van der Waals surface area contributed by atoms with Crippen LogP contribution in [0.25, 0.3) is 21.8 Å². The Labute approximate surface area is 99.1 Å². The van der Waals surface area contributed by atoms with Gasteiger partial charge in [-0.05, 0) is 12.1 Å². The normalized spacial score (nSPS) is 11.1. The van der Waals surface area contributed by atoms with Crippen LogP contribution in [0, 0.1) is 0 Å². The zero-order valence-electron chi connectivity index (χ0n) is 9.02. The van der Waals surface area contributed by atoms with Gasteiger partial charge in [-0.2, -0.15) is 0 Å². The Hall–Kier alpha value is -2.76. The molecule has 0 aliphatic carbocycles. The van der Waals surface area contributed by atoms with Gasteiger partial charge in [-0.1, -0.05) is 0 Å². The molecule has 0 bridgehead atoms. The van der Waals surface area contributed by atoms with Gasteiger partial charge in [-0.15, -0.1) is 0 Å². The Bertz CT molecular complexity index is 892. The summed E-state index contributed by atoms with van der Waals surface area (Å²) in [5, 5.41) is 20.2. The number of hydrogen-bond acceptors (Lipinski definition) is 4. The molecule has 2 aromatic heterocycles. The van der Waals surface area contributed by atoms with Gasteiger partial charge in [-0.3, -0.25) is 9.59 Å². The number of H-pyrrole nitrogens is 2. The lowest BCUT2D eigenvalue weighted by molar-refractivity contribution is 0.479. The van der Waals surface area contributed by atoms with Crippen LogP contribution < -0.4 is 11.1 Å². The van der Waals surface area contributed by atoms with Gasteiger partial charge in [0.15, 0.2) is 0 Å². The first-order chi connectivity index (χ1) is 8.56. The van der Waals surface area contributed by atoms with Crippen LogP contribution in [0.3, 0.4) is 0 Å². The van der Waals surface area contributed by atoms with E-state index in [1.54, 1.807) is 12.1 Å². The SMILES string of the molecule is O=c1cc(O)c2c(ccc3c(O)cc(=O)[nH]c32)[nH]1. The Balaban J connectivity index is 2.69. The van der Waals surface area contributed by atoms with Crippen LogP contribution in [0.15, 0.2) is 33.9 Å². The van der Waals surface area contributed by atoms with Crippen molar-refractivity contribution in [2.45, 2.75) is 0 Å². The number of pyridine rings is 2. The van der Waals surface area contributed by atoms with Crippen molar-refractivity contribution in [3.05, 3.63) is 45.0 Å². The Morgan fingerprint density at radius 1 is 0.889 bits per heavy atom. The second-order valence-electron chi connectivity index (χ2n) is 3.95. The van der Waals surface area contributed by atoms with E-state index in [2.05, 4.69) is 9.97 Å². The maximum atomic E-state index is 11.4. The fourth-order valence-corrected chi connectivity index (χ4v) is 2.04. The molecule has 6 heteroatoms. The Morgan fingerprint density at radius 3 is 2.33 bits per heavy atom. The summed E-state index contributed by atoms with van der Waals surface area (Å²) >= 11 is 0. The molecule has 0 radical (unpaired) electrons. The van der Waals surface area contributed by atoms with Gasteiger partial charge < -0.3 is 20.2 Å². The maximum absolute atomic E-state index is 11.4. The van der Waals surface area contributed by atoms with Crippen LogP contribution in [0.1, 0.15) is 0 Å². The first-order valence-corrected chi connectivity index (χ1v) is 5.17. The fraction of sp³-hybridized carbons (Fsp3) is 0. The van der Waals surface area contributed by atoms with E-state index in [0.717, 1.165) is 12.1 Å². The number of nitrogens with one attached hydrogen (secondary N) is 2. The van der Waals surface area contributed by atoms with E-state index in [1.807, 2.05) is 0 Å². The lowest BCUT2D eigenvalue weighted by atomic mass is 10.1. The van der Waals surface area contributed by atoms with Crippen LogP contribution >= 0.6 is 0 Å². The van der Waals surface area contributed by atoms with Gasteiger partial charge in [0.2, 0.25) is 0 Å². The van der Waals surface area contributed by atoms with E-state index in [1.165, 1.54) is 0 Å². The van der Waals surface area contributed by atoms with Crippen molar-refractivity contribution in [1.82, 2.24) is 9.97 Å². The predicted molar refractivity (Wildman–Crippen MR) is 66.0 cm³/mol. The lowest BCUT2D eigenvalue weighted by Crippen LogP contribution is -2.06. The van der Waals surface area contributed by atoms with Crippen molar-refractivity contribution >= 4 is 21.8 Å². The van der Waals surface area contributed by atoms with E-state index >= 15 is 0 Å². The van der Waals surface area contributed by atoms with Gasteiger partial charge in [0.1, 0.15) is 11.5 Å². The summed E-state index contributed by atoms with van der Waals surface area (Å²) in [6, 6.07) is 5.18. The molecule has 0 fully saturated rings. The van der Waals surface area contributed by atoms with Crippen molar-refractivity contribution in [3.63, 3.8) is 0 Å². The van der Waals surface area contributed by atoms with Crippen LogP contribution in [0.5, 0.6) is 11.5 Å². The number of aromatic amines is 2. The van der Waals surface area contributed by atoms with Crippen molar-refractivity contribution in [1.29, 1.82) is 0 Å². The molecule has 0 aliphatic rings. The number of aromatic nitrogens is 2. The number of benzene rings is 1. The van der Waals surface area contributed by atoms with Crippen LogP contribution in [-0.2, 0) is 0 Å². The monoisotopic (exact) mass is 244 g/mol. The number of rotatable bonds is 0. The van der Waals surface area contributed by atoms with E-state index < -0.39 is 11.1 Å². The number of aromatic hydroxyl groups is 2. The number of fused-ring (bicyclic) bond motifs is 3. The topological polar surface area (TPSA) is 106 Å². The summed E-state index contributed by atoms with van der Waals surface area (Å²) in [7, 11) is 0. The third-order valence-electron chi connectivity index (χ3n) is 2.78. The largest absolute Gasteiger partial charge is 0.507 e. The molecule has 0 saturated heterocycles. The minimum atomic E-state index is -0.488. The standard InChI is InChI=1S/C12H8N2O4/c15-7-3-10(18)14-12-5(7)1-2-6-11(12)8(16)4-9(17)13-6/h1-4H,(H2,13,16,17)(H2,14,15,18). The average Bonchev–Trinajstić information content (AvgIpc) is 2.26. The summed E-state index contributed by atoms with van der Waals surface area (Å²) in [6.07, 6.45) is 0. The zero-order chi connectivity index (χ0) is 12.9. The molecule has 0 aliphatic heterocycles. The minimum absolute atomic E-state index is 0.179. The first-order valence-electron chi connectivity index (χ1n) is 5.17. The van der Waals surface area contributed by atoms with Gasteiger partial charge in [0, 0.05) is 17.5 Å². The highest BCUT2D eigenvalue weighted by atomic mass is 16.3. The first kappa shape index (κ1) is 10.4. The third kappa shape index (κ3) is 1.36. The van der Waals surface area contributed by atoms with Crippen molar-refractivity contribution in [2.24, 2.45) is 0 Å². The molecule has 0 spiro atoms. The van der Waals surface area contributed by atoms with Gasteiger partial charge in [-0.25, -0.2) is 0 Å². The van der Waals surface area contributed by atoms with E-state index in [0.29, 0.717) is 16.3 Å². The van der Waals surface area contributed by atoms with E-state index in [4.69, 9.17) is 0 Å². The quantitative estimate of drug-likeness (QED) is 0.438. The van der Waals surface area contributed by atoms with Gasteiger partial charge in [0.05, 0.1) is 16.4 Å². The third-order valence-corrected chi connectivity index (χ3v) is 2.78. The highest BCUT2D eigenvalue weighted by molar-refractivity contribution is 6.08. The molecular weight excluding hydrogens is 236 g/mol. The van der Waals surface area contributed by atoms with Crippen molar-refractivity contribution in [3.8, 4) is 11.5 Å². The highest BCUT2D eigenvalue weighted by Gasteiger charge is 2.10. The lowest BCUT2D eigenvalue weighted by Gasteiger charge is -2.06. The summed E-state index contributed by atoms with van der Waals surface area (Å²) in [5.41, 5.74) is -0.264. The Kier molecular flexibility index (Phi) is 1.94. The summed E-state index contributed by atoms with van der Waals surface area (Å²) in [6.45, 7) is 0. The molecule has 3 rings (SSSR count). The summed E-state index contributed by atoms with van der Waals surface area (Å²) in [5.74, 6) is -0.429. The molecule has 90 valence electrons. The molecule has 0 amide bonds. The minimum Gasteiger partial charge on any atom is -0.507 e. The van der Waals surface area contributed by atoms with Crippen LogP contribution in [-0.4, -0.2) is 20.2 Å². The maximum Gasteiger partial charge on any atom is 0.252 e. The molecule has 2 heterocycles. The van der Waals surface area contributed by atoms with E-state index in [-0.39, 0.29) is 17.0 Å². The van der Waals surface area contributed by atoms with Gasteiger partial charge >= 0.3 is 0 Å². The van der Waals surface area contributed by atoms with Crippen LogP contribution in [0.2, 0.25) is 0 Å². The molecule has 6 nitrogen and oxygen atoms in total. The number of hydrogen-bond donors (Lipinski definition) is 4. The molecule has 0 unspecified atom stereocenters. The molecule has 0 atom stereocenters. The predicted octanol–water partition coefficient (Wildman–Crippen LogP) is 0.781. The Morgan fingerprint density at radius 2 is 1.56 bits per heavy atom.